The van der Waals surface area contributed by atoms with Crippen LogP contribution in [-0.4, -0.2) is 11.9 Å². The van der Waals surface area contributed by atoms with Crippen LogP contribution >= 0.6 is 0 Å². The fraction of sp³-hybridized carbons (Fsp3) is 0.947. The van der Waals surface area contributed by atoms with Crippen LogP contribution in [0.5, 0.6) is 0 Å². The number of hydrogen-bond acceptors (Lipinski definition) is 1. The smallest absolute Gasteiger partial charge is 0.650 e. The molecule has 124 valence electrons. The van der Waals surface area contributed by atoms with Gasteiger partial charge in [-0.1, -0.05) is 79.1 Å². The Hall–Kier alpha value is 1.28. The molecule has 1 amide bonds. The predicted molar refractivity (Wildman–Crippen MR) is 91.4 cm³/mol. The molecule has 1 saturated heterocycles. The molecule has 3 heteroatoms. The van der Waals surface area contributed by atoms with E-state index in [0.29, 0.717) is 12.0 Å². The first-order valence-corrected chi connectivity index (χ1v) is 9.52. The van der Waals surface area contributed by atoms with E-state index >= 15 is 0 Å². The summed E-state index contributed by atoms with van der Waals surface area (Å²) in [4.78, 5) is 12.2. The van der Waals surface area contributed by atoms with Gasteiger partial charge >= 0.3 is 58.2 Å². The van der Waals surface area contributed by atoms with Crippen molar-refractivity contribution >= 4 is 5.91 Å². The molecule has 1 heterocycles. The largest absolute Gasteiger partial charge is 1.00 e. The van der Waals surface area contributed by atoms with E-state index in [1.807, 2.05) is 27.7 Å². The van der Waals surface area contributed by atoms with Gasteiger partial charge in [0.05, 0.1) is 5.91 Å². The van der Waals surface area contributed by atoms with E-state index in [1.165, 1.54) is 51.4 Å². The van der Waals surface area contributed by atoms with Crippen LogP contribution in [0.3, 0.4) is 0 Å². The Morgan fingerprint density at radius 2 is 1.23 bits per heavy atom. The Morgan fingerprint density at radius 3 is 1.82 bits per heavy atom. The molecular formula is C19H36NORb. The standard InChI is InChI=1S/C15H25NO.2C2H6.Rb/c1-10-11-6-2-3-7-12(11)13-8-4-5-9-14(13)16-15(10)17;2*1-2;/h10-14H,2-9H2,1H3,(H,16,17);2*1-2H3;/q;;;+1/p-1. The third kappa shape index (κ3) is 5.67. The average Bonchev–Trinajstić information content (AvgIpc) is 2.68. The number of carbonyl (C=O) groups is 1. The van der Waals surface area contributed by atoms with Gasteiger partial charge in [-0.15, -0.1) is 6.04 Å². The summed E-state index contributed by atoms with van der Waals surface area (Å²) >= 11 is 0. The SMILES string of the molecule is CC.CC.CC1C(=O)[N-]C2CCCCC2C2CCCCC12.[Rb+]. The van der Waals surface area contributed by atoms with Crippen LogP contribution in [-0.2, 0) is 4.79 Å². The van der Waals surface area contributed by atoms with Crippen LogP contribution in [0.25, 0.3) is 5.32 Å². The predicted octanol–water partition coefficient (Wildman–Crippen LogP) is 2.96. The first-order valence-electron chi connectivity index (χ1n) is 9.52. The van der Waals surface area contributed by atoms with Crippen LogP contribution in [0.4, 0.5) is 0 Å². The van der Waals surface area contributed by atoms with E-state index in [-0.39, 0.29) is 70.0 Å². The number of hydrogen-bond donors (Lipinski definition) is 0. The molecule has 22 heavy (non-hydrogen) atoms. The van der Waals surface area contributed by atoms with Crippen molar-refractivity contribution in [3.05, 3.63) is 5.32 Å². The molecule has 2 saturated carbocycles. The zero-order chi connectivity index (χ0) is 15.8. The zero-order valence-corrected chi connectivity index (χ0v) is 20.8. The van der Waals surface area contributed by atoms with Crippen molar-refractivity contribution in [2.45, 2.75) is 92.0 Å². The molecule has 0 aromatic carbocycles. The van der Waals surface area contributed by atoms with Gasteiger partial charge in [-0.3, -0.25) is 0 Å². The normalized spacial score (nSPS) is 36.4. The first-order chi connectivity index (χ1) is 10.3. The number of rotatable bonds is 0. The minimum atomic E-state index is 0. The van der Waals surface area contributed by atoms with Gasteiger partial charge in [-0.2, -0.15) is 0 Å². The molecule has 3 rings (SSSR count). The number of carbonyl (C=O) groups excluding carboxylic acids is 1. The quantitative estimate of drug-likeness (QED) is 0.636. The van der Waals surface area contributed by atoms with Gasteiger partial charge in [0.1, 0.15) is 0 Å². The van der Waals surface area contributed by atoms with Crippen molar-refractivity contribution in [3.8, 4) is 0 Å². The minimum Gasteiger partial charge on any atom is -0.650 e. The number of amides is 1. The summed E-state index contributed by atoms with van der Waals surface area (Å²) in [6.45, 7) is 10.1. The van der Waals surface area contributed by atoms with E-state index < -0.39 is 0 Å². The van der Waals surface area contributed by atoms with Crippen molar-refractivity contribution in [3.63, 3.8) is 0 Å². The van der Waals surface area contributed by atoms with Crippen molar-refractivity contribution in [1.82, 2.24) is 0 Å². The summed E-state index contributed by atoms with van der Waals surface area (Å²) in [5, 5.41) is 4.56. The van der Waals surface area contributed by atoms with E-state index in [1.54, 1.807) is 0 Å². The van der Waals surface area contributed by atoms with E-state index in [2.05, 4.69) is 12.2 Å². The fourth-order valence-corrected chi connectivity index (χ4v) is 4.60. The van der Waals surface area contributed by atoms with Crippen LogP contribution in [0.1, 0.15) is 86.0 Å². The van der Waals surface area contributed by atoms with Crippen LogP contribution in [0.2, 0.25) is 0 Å². The summed E-state index contributed by atoms with van der Waals surface area (Å²) in [6, 6.07) is 0.381. The van der Waals surface area contributed by atoms with Gasteiger partial charge in [-0.05, 0) is 24.7 Å². The van der Waals surface area contributed by atoms with Crippen LogP contribution in [0.15, 0.2) is 0 Å². The molecule has 2 nitrogen and oxygen atoms in total. The Labute approximate surface area is 187 Å². The maximum Gasteiger partial charge on any atom is 1.00 e. The maximum absolute atomic E-state index is 12.2. The molecule has 3 fully saturated rings. The van der Waals surface area contributed by atoms with Crippen molar-refractivity contribution < 1.29 is 63.0 Å². The van der Waals surface area contributed by atoms with E-state index in [0.717, 1.165) is 11.8 Å². The molecule has 0 bridgehead atoms. The molecule has 0 N–H and O–H groups in total. The summed E-state index contributed by atoms with van der Waals surface area (Å²) in [7, 11) is 0. The Morgan fingerprint density at radius 1 is 0.773 bits per heavy atom. The fourth-order valence-electron chi connectivity index (χ4n) is 4.60. The molecule has 0 radical (unpaired) electrons. The van der Waals surface area contributed by atoms with Gasteiger partial charge < -0.3 is 10.1 Å². The third-order valence-corrected chi connectivity index (χ3v) is 5.53. The zero-order valence-electron chi connectivity index (χ0n) is 15.9. The molecule has 1 aliphatic heterocycles. The second-order valence-electron chi connectivity index (χ2n) is 6.38. The maximum atomic E-state index is 12.2. The summed E-state index contributed by atoms with van der Waals surface area (Å²) in [5.41, 5.74) is 0. The van der Waals surface area contributed by atoms with Crippen LogP contribution < -0.4 is 58.2 Å². The Balaban J connectivity index is 0.000000819. The van der Waals surface area contributed by atoms with Gasteiger partial charge in [0.15, 0.2) is 0 Å². The molecule has 3 aliphatic rings. The number of fused-ring (bicyclic) bond motifs is 3. The van der Waals surface area contributed by atoms with Gasteiger partial charge in [0.25, 0.3) is 0 Å². The average molecular weight is 380 g/mol. The van der Waals surface area contributed by atoms with Gasteiger partial charge in [0, 0.05) is 5.92 Å². The molecule has 2 aliphatic carbocycles. The van der Waals surface area contributed by atoms with Crippen LogP contribution in [0, 0.1) is 23.7 Å². The monoisotopic (exact) mass is 379 g/mol. The summed E-state index contributed by atoms with van der Waals surface area (Å²) in [6.07, 6.45) is 10.5. The topological polar surface area (TPSA) is 31.2 Å². The molecular weight excluding hydrogens is 344 g/mol. The Kier molecular flexibility index (Phi) is 13.3. The van der Waals surface area contributed by atoms with E-state index in [4.69, 9.17) is 0 Å². The minimum absolute atomic E-state index is 0. The molecule has 0 spiro atoms. The molecule has 5 atom stereocenters. The molecule has 5 unspecified atom stereocenters. The molecule has 0 aromatic heterocycles. The Bertz CT molecular complexity index is 308. The molecule has 0 aromatic rings. The second kappa shape index (κ2) is 12.6. The van der Waals surface area contributed by atoms with Crippen molar-refractivity contribution in [1.29, 1.82) is 0 Å². The van der Waals surface area contributed by atoms with Crippen molar-refractivity contribution in [2.75, 3.05) is 0 Å². The summed E-state index contributed by atoms with van der Waals surface area (Å²) in [5.74, 6) is 2.61. The van der Waals surface area contributed by atoms with E-state index in [9.17, 15) is 4.79 Å². The van der Waals surface area contributed by atoms with Gasteiger partial charge in [-0.25, -0.2) is 0 Å². The van der Waals surface area contributed by atoms with Crippen molar-refractivity contribution in [2.24, 2.45) is 23.7 Å². The third-order valence-electron chi connectivity index (χ3n) is 5.53. The van der Waals surface area contributed by atoms with Gasteiger partial charge in [0.2, 0.25) is 0 Å². The number of nitrogens with zero attached hydrogens (tertiary/aromatic N) is 1. The first kappa shape index (κ1) is 23.3. The summed E-state index contributed by atoms with van der Waals surface area (Å²) < 4.78 is 0. The second-order valence-corrected chi connectivity index (χ2v) is 6.38.